The molecule has 0 aromatic rings. The molecule has 0 bridgehead atoms. The van der Waals surface area contributed by atoms with Crippen LogP contribution in [0.5, 0.6) is 0 Å². The van der Waals surface area contributed by atoms with Gasteiger partial charge >= 0.3 is 0 Å². The van der Waals surface area contributed by atoms with E-state index in [1.54, 1.807) is 0 Å². The van der Waals surface area contributed by atoms with Crippen LogP contribution in [-0.2, 0) is 0 Å². The number of nitrogens with zero attached hydrogens (tertiary/aromatic N) is 1. The van der Waals surface area contributed by atoms with Crippen LogP contribution in [0.15, 0.2) is 0 Å². The summed E-state index contributed by atoms with van der Waals surface area (Å²) >= 11 is 0. The van der Waals surface area contributed by atoms with Crippen molar-refractivity contribution in [1.29, 1.82) is 0 Å². The summed E-state index contributed by atoms with van der Waals surface area (Å²) in [6.45, 7) is 4.47. The van der Waals surface area contributed by atoms with Gasteiger partial charge in [-0.1, -0.05) is 90.9 Å². The monoisotopic (exact) mass is 349 g/mol. The van der Waals surface area contributed by atoms with E-state index in [0.717, 1.165) is 12.8 Å². The van der Waals surface area contributed by atoms with Crippen molar-refractivity contribution in [3.05, 3.63) is 0 Å². The molecule has 0 aliphatic carbocycles. The van der Waals surface area contributed by atoms with Crippen LogP contribution >= 0.6 is 0 Å². The second-order valence-corrected chi connectivity index (χ2v) is 7.57. The predicted octanol–water partition coefficient (Wildman–Crippen LogP) is 3.72. The minimum atomic E-state index is 0. The highest BCUT2D eigenvalue weighted by molar-refractivity contribution is 4.55. The van der Waals surface area contributed by atoms with Gasteiger partial charge in [-0.3, -0.25) is 0 Å². The molecule has 0 radical (unpaired) electrons. The first-order chi connectivity index (χ1) is 10.5. The molecule has 0 aromatic carbocycles. The van der Waals surface area contributed by atoms with Crippen molar-refractivity contribution in [2.24, 2.45) is 0 Å². The fourth-order valence-electron chi connectivity index (χ4n) is 3.36. The molecule has 2 nitrogen and oxygen atoms in total. The molecule has 1 atom stereocenters. The lowest BCUT2D eigenvalue weighted by atomic mass is 10.0. The van der Waals surface area contributed by atoms with Gasteiger partial charge in [0, 0.05) is 6.42 Å². The number of rotatable bonds is 16. The standard InChI is InChI=1S/C20H44NO.ClH/c1-5-7-8-9-10-11-12-13-14-15-16-17-18-19-20(6-2)21(3,4)22;/h20,22H,5-19H2,1-4H3;1H/q+1;/p-1. The molecule has 0 aliphatic heterocycles. The lowest BCUT2D eigenvalue weighted by molar-refractivity contribution is -1.09. The minimum absolute atomic E-state index is 0. The minimum Gasteiger partial charge on any atom is -1.00 e. The van der Waals surface area contributed by atoms with Crippen LogP contribution in [0.3, 0.4) is 0 Å². The van der Waals surface area contributed by atoms with Crippen LogP contribution in [0.25, 0.3) is 0 Å². The fraction of sp³-hybridized carbons (Fsp3) is 1.00. The Balaban J connectivity index is 0. The topological polar surface area (TPSA) is 20.2 Å². The van der Waals surface area contributed by atoms with E-state index in [1.807, 2.05) is 14.1 Å². The van der Waals surface area contributed by atoms with Gasteiger partial charge in [-0.2, -0.15) is 4.65 Å². The summed E-state index contributed by atoms with van der Waals surface area (Å²) in [5, 5.41) is 10.0. The lowest BCUT2D eigenvalue weighted by Crippen LogP contribution is -3.00. The van der Waals surface area contributed by atoms with E-state index in [4.69, 9.17) is 0 Å². The molecule has 23 heavy (non-hydrogen) atoms. The van der Waals surface area contributed by atoms with Crippen LogP contribution in [0.2, 0.25) is 0 Å². The van der Waals surface area contributed by atoms with E-state index >= 15 is 0 Å². The largest absolute Gasteiger partial charge is 1.00 e. The van der Waals surface area contributed by atoms with E-state index in [9.17, 15) is 5.21 Å². The highest BCUT2D eigenvalue weighted by Gasteiger charge is 2.23. The molecule has 0 fully saturated rings. The number of hydroxylamine groups is 3. The zero-order valence-corrected chi connectivity index (χ0v) is 17.2. The molecule has 0 amide bonds. The summed E-state index contributed by atoms with van der Waals surface area (Å²) < 4.78 is 0.134. The first kappa shape index (κ1) is 25.5. The van der Waals surface area contributed by atoms with Gasteiger partial charge in [-0.05, 0) is 12.8 Å². The third-order valence-electron chi connectivity index (χ3n) is 5.01. The van der Waals surface area contributed by atoms with Crippen molar-refractivity contribution in [3.8, 4) is 0 Å². The van der Waals surface area contributed by atoms with Crippen molar-refractivity contribution in [2.45, 2.75) is 116 Å². The van der Waals surface area contributed by atoms with Crippen LogP contribution in [0.1, 0.15) is 110 Å². The van der Waals surface area contributed by atoms with Gasteiger partial charge in [0.25, 0.3) is 0 Å². The molecule has 0 aromatic heterocycles. The van der Waals surface area contributed by atoms with Crippen LogP contribution < -0.4 is 12.4 Å². The Hall–Kier alpha value is 0.210. The van der Waals surface area contributed by atoms with E-state index in [0.29, 0.717) is 6.04 Å². The zero-order chi connectivity index (χ0) is 16.7. The zero-order valence-electron chi connectivity index (χ0n) is 16.5. The number of unbranched alkanes of at least 4 members (excludes halogenated alkanes) is 12. The molecule has 0 rings (SSSR count). The average Bonchev–Trinajstić information content (AvgIpc) is 2.46. The van der Waals surface area contributed by atoms with Crippen LogP contribution in [0.4, 0.5) is 0 Å². The Morgan fingerprint density at radius 1 is 0.652 bits per heavy atom. The van der Waals surface area contributed by atoms with Gasteiger partial charge in [-0.25, -0.2) is 5.21 Å². The number of quaternary nitrogens is 1. The third kappa shape index (κ3) is 16.8. The first-order valence-electron chi connectivity index (χ1n) is 10.1. The Labute approximate surface area is 153 Å². The number of halogens is 1. The fourth-order valence-corrected chi connectivity index (χ4v) is 3.36. The average molecular weight is 350 g/mol. The second kappa shape index (κ2) is 17.0. The first-order valence-corrected chi connectivity index (χ1v) is 10.1. The summed E-state index contributed by atoms with van der Waals surface area (Å²) in [5.74, 6) is 0. The Bertz CT molecular complexity index is 228. The lowest BCUT2D eigenvalue weighted by Gasteiger charge is -2.29. The predicted molar refractivity (Wildman–Crippen MR) is 98.3 cm³/mol. The maximum atomic E-state index is 10.0. The second-order valence-electron chi connectivity index (χ2n) is 7.57. The van der Waals surface area contributed by atoms with Gasteiger partial charge in [0.1, 0.15) is 6.04 Å². The van der Waals surface area contributed by atoms with E-state index in [1.165, 1.54) is 83.5 Å². The molecule has 0 aliphatic rings. The molecule has 0 saturated heterocycles. The van der Waals surface area contributed by atoms with Gasteiger partial charge in [-0.15, -0.1) is 0 Å². The summed E-state index contributed by atoms with van der Waals surface area (Å²) in [4.78, 5) is 0. The molecule has 0 saturated carbocycles. The normalized spacial score (nSPS) is 12.9. The Morgan fingerprint density at radius 3 is 1.30 bits per heavy atom. The summed E-state index contributed by atoms with van der Waals surface area (Å²) in [6.07, 6.45) is 20.5. The van der Waals surface area contributed by atoms with E-state index in [-0.39, 0.29) is 17.1 Å². The molecule has 3 heteroatoms. The van der Waals surface area contributed by atoms with Crippen molar-refractivity contribution in [1.82, 2.24) is 0 Å². The third-order valence-corrected chi connectivity index (χ3v) is 5.01. The van der Waals surface area contributed by atoms with E-state index < -0.39 is 0 Å². The van der Waals surface area contributed by atoms with Gasteiger partial charge in [0.05, 0.1) is 14.1 Å². The molecule has 142 valence electrons. The Morgan fingerprint density at radius 2 is 1.00 bits per heavy atom. The SMILES string of the molecule is CCCCCCCCCCCCCCCC(CC)[N+](C)(C)O.[Cl-]. The molecule has 1 unspecified atom stereocenters. The molecule has 0 spiro atoms. The van der Waals surface area contributed by atoms with Crippen molar-refractivity contribution in [3.63, 3.8) is 0 Å². The molecule has 0 heterocycles. The molecular weight excluding hydrogens is 306 g/mol. The van der Waals surface area contributed by atoms with Crippen LogP contribution in [-0.4, -0.2) is 30.0 Å². The smallest absolute Gasteiger partial charge is 0.118 e. The van der Waals surface area contributed by atoms with Crippen molar-refractivity contribution in [2.75, 3.05) is 14.1 Å². The highest BCUT2D eigenvalue weighted by Crippen LogP contribution is 2.17. The molecule has 1 N–H and O–H groups in total. The summed E-state index contributed by atoms with van der Waals surface area (Å²) in [6, 6.07) is 0.410. The maximum Gasteiger partial charge on any atom is 0.118 e. The summed E-state index contributed by atoms with van der Waals surface area (Å²) in [5.41, 5.74) is 0. The number of hydrogen-bond acceptors (Lipinski definition) is 1. The maximum absolute atomic E-state index is 10.0. The molecular formula is C20H44ClNO. The highest BCUT2D eigenvalue weighted by atomic mass is 35.5. The van der Waals surface area contributed by atoms with Gasteiger partial charge in [0.2, 0.25) is 0 Å². The van der Waals surface area contributed by atoms with Crippen molar-refractivity contribution >= 4 is 0 Å². The number of hydrogen-bond donors (Lipinski definition) is 1. The quantitative estimate of drug-likeness (QED) is 0.256. The van der Waals surface area contributed by atoms with E-state index in [2.05, 4.69) is 13.8 Å². The van der Waals surface area contributed by atoms with Gasteiger partial charge in [0.15, 0.2) is 0 Å². The van der Waals surface area contributed by atoms with Crippen LogP contribution in [0, 0.1) is 0 Å². The van der Waals surface area contributed by atoms with Gasteiger partial charge < -0.3 is 12.4 Å². The van der Waals surface area contributed by atoms with Crippen molar-refractivity contribution < 1.29 is 22.3 Å². The Kier molecular flexibility index (Phi) is 18.9. The summed E-state index contributed by atoms with van der Waals surface area (Å²) in [7, 11) is 3.80.